The zero-order valence-corrected chi connectivity index (χ0v) is 23.1. The van der Waals surface area contributed by atoms with Gasteiger partial charge in [0.25, 0.3) is 0 Å². The van der Waals surface area contributed by atoms with Crippen LogP contribution in [0.25, 0.3) is 0 Å². The maximum absolute atomic E-state index is 6.13. The third-order valence-corrected chi connectivity index (χ3v) is 8.71. The molecule has 1 aliphatic rings. The maximum atomic E-state index is 6.13. The van der Waals surface area contributed by atoms with Crippen molar-refractivity contribution in [3.05, 3.63) is 129 Å². The van der Waals surface area contributed by atoms with Gasteiger partial charge >= 0.3 is 0 Å². The van der Waals surface area contributed by atoms with Gasteiger partial charge in [-0.05, 0) is 95.2 Å². The van der Waals surface area contributed by atoms with Crippen LogP contribution in [-0.4, -0.2) is 0 Å². The normalized spacial score (nSPS) is 14.9. The Hall–Kier alpha value is -3.52. The molecule has 2 heteroatoms. The lowest BCUT2D eigenvalue weighted by atomic mass is 9.65. The first-order valence-corrected chi connectivity index (χ1v) is 14.4. The molecule has 0 aliphatic heterocycles. The largest absolute Gasteiger partial charge is 0.399 e. The van der Waals surface area contributed by atoms with Gasteiger partial charge in [-0.25, -0.2) is 0 Å². The molecule has 0 radical (unpaired) electrons. The van der Waals surface area contributed by atoms with E-state index in [2.05, 4.69) is 98.8 Å². The lowest BCUT2D eigenvalue weighted by molar-refractivity contribution is 0.346. The fourth-order valence-corrected chi connectivity index (χ4v) is 6.40. The molecule has 4 N–H and O–H groups in total. The van der Waals surface area contributed by atoms with Crippen molar-refractivity contribution < 1.29 is 0 Å². The molecule has 0 unspecified atom stereocenters. The number of hydrogen-bond donors (Lipinski definition) is 2. The lowest BCUT2D eigenvalue weighted by Gasteiger charge is -2.39. The summed E-state index contributed by atoms with van der Waals surface area (Å²) < 4.78 is 0. The Morgan fingerprint density at radius 1 is 0.526 bits per heavy atom. The number of anilines is 2. The van der Waals surface area contributed by atoms with Crippen LogP contribution >= 0.6 is 0 Å². The summed E-state index contributed by atoms with van der Waals surface area (Å²) in [6, 6.07) is 31.9. The van der Waals surface area contributed by atoms with Crippen molar-refractivity contribution in [2.45, 2.75) is 77.0 Å². The highest BCUT2D eigenvalue weighted by Gasteiger charge is 2.35. The molecule has 0 amide bonds. The van der Waals surface area contributed by atoms with E-state index in [9.17, 15) is 0 Å². The van der Waals surface area contributed by atoms with E-state index in [1.54, 1.807) is 0 Å². The molecular formula is C36H42N2. The lowest BCUT2D eigenvalue weighted by Crippen LogP contribution is -2.30. The molecule has 0 heterocycles. The standard InChI is InChI=1S/C36H42N2/c1-3-30-24-28(12-18-34(30)37)22-26-8-14-32(15-9-26)36(20-6-5-7-21-36)33-16-10-27(11-17-33)23-29-13-19-35(38)31(4-2)25-29/h8-19,24-25H,3-7,20-23,37-38H2,1-2H3. The Morgan fingerprint density at radius 2 is 0.921 bits per heavy atom. The van der Waals surface area contributed by atoms with E-state index in [0.29, 0.717) is 0 Å². The number of hydrogen-bond acceptors (Lipinski definition) is 2. The monoisotopic (exact) mass is 502 g/mol. The minimum Gasteiger partial charge on any atom is -0.399 e. The van der Waals surface area contributed by atoms with Gasteiger partial charge < -0.3 is 11.5 Å². The van der Waals surface area contributed by atoms with Crippen LogP contribution in [0.2, 0.25) is 0 Å². The quantitative estimate of drug-likeness (QED) is 0.238. The Balaban J connectivity index is 1.37. The Bertz CT molecular complexity index is 1260. The van der Waals surface area contributed by atoms with Crippen LogP contribution in [0.15, 0.2) is 84.9 Å². The van der Waals surface area contributed by atoms with Crippen molar-refractivity contribution in [3.63, 3.8) is 0 Å². The van der Waals surface area contributed by atoms with Gasteiger partial charge in [-0.15, -0.1) is 0 Å². The molecule has 38 heavy (non-hydrogen) atoms. The van der Waals surface area contributed by atoms with Crippen LogP contribution in [0, 0.1) is 0 Å². The van der Waals surface area contributed by atoms with Gasteiger partial charge in [0.15, 0.2) is 0 Å². The SMILES string of the molecule is CCc1cc(Cc2ccc(C3(c4ccc(Cc5ccc(N)c(CC)c5)cc4)CCCCC3)cc2)ccc1N. The number of aryl methyl sites for hydroxylation is 2. The molecule has 0 saturated heterocycles. The Kier molecular flexibility index (Phi) is 7.88. The van der Waals surface area contributed by atoms with E-state index >= 15 is 0 Å². The van der Waals surface area contributed by atoms with Crippen LogP contribution in [-0.2, 0) is 31.1 Å². The van der Waals surface area contributed by atoms with Crippen LogP contribution in [0.4, 0.5) is 11.4 Å². The molecule has 196 valence electrons. The summed E-state index contributed by atoms with van der Waals surface area (Å²) in [5, 5.41) is 0. The first kappa shape index (κ1) is 26.1. The number of benzene rings is 4. The second-order valence-corrected chi connectivity index (χ2v) is 11.2. The summed E-state index contributed by atoms with van der Waals surface area (Å²) >= 11 is 0. The molecule has 0 spiro atoms. The molecule has 1 fully saturated rings. The maximum Gasteiger partial charge on any atom is 0.0346 e. The van der Waals surface area contributed by atoms with E-state index in [4.69, 9.17) is 11.5 Å². The number of nitrogens with two attached hydrogens (primary N) is 2. The highest BCUT2D eigenvalue weighted by Crippen LogP contribution is 2.45. The first-order valence-electron chi connectivity index (χ1n) is 14.4. The minimum atomic E-state index is 0.114. The topological polar surface area (TPSA) is 52.0 Å². The Labute approximate surface area is 229 Å². The van der Waals surface area contributed by atoms with Crippen LogP contribution in [0.1, 0.15) is 90.5 Å². The van der Waals surface area contributed by atoms with E-state index in [0.717, 1.165) is 37.1 Å². The average molecular weight is 503 g/mol. The molecule has 4 aromatic rings. The van der Waals surface area contributed by atoms with Crippen LogP contribution in [0.3, 0.4) is 0 Å². The van der Waals surface area contributed by atoms with Gasteiger partial charge in [-0.1, -0.05) is 106 Å². The molecule has 1 aliphatic carbocycles. The zero-order valence-electron chi connectivity index (χ0n) is 23.1. The first-order chi connectivity index (χ1) is 18.5. The van der Waals surface area contributed by atoms with E-state index in [1.165, 1.54) is 76.6 Å². The van der Waals surface area contributed by atoms with Gasteiger partial charge in [-0.2, -0.15) is 0 Å². The summed E-state index contributed by atoms with van der Waals surface area (Å²) in [4.78, 5) is 0. The van der Waals surface area contributed by atoms with Gasteiger partial charge in [0.05, 0.1) is 0 Å². The summed E-state index contributed by atoms with van der Waals surface area (Å²) in [5.74, 6) is 0. The zero-order chi connectivity index (χ0) is 26.5. The molecule has 1 saturated carbocycles. The van der Waals surface area contributed by atoms with Gasteiger partial charge in [-0.3, -0.25) is 0 Å². The predicted molar refractivity (Wildman–Crippen MR) is 163 cm³/mol. The van der Waals surface area contributed by atoms with Crippen molar-refractivity contribution >= 4 is 11.4 Å². The summed E-state index contributed by atoms with van der Waals surface area (Å²) in [6.07, 6.45) is 10.2. The molecule has 5 rings (SSSR count). The van der Waals surface area contributed by atoms with Gasteiger partial charge in [0, 0.05) is 16.8 Å². The van der Waals surface area contributed by atoms with E-state index in [1.807, 2.05) is 0 Å². The predicted octanol–water partition coefficient (Wildman–Crippen LogP) is 8.41. The van der Waals surface area contributed by atoms with Crippen LogP contribution in [0.5, 0.6) is 0 Å². The second kappa shape index (κ2) is 11.5. The van der Waals surface area contributed by atoms with Crippen molar-refractivity contribution in [1.29, 1.82) is 0 Å². The average Bonchev–Trinajstić information content (AvgIpc) is 2.96. The van der Waals surface area contributed by atoms with Crippen molar-refractivity contribution in [2.24, 2.45) is 0 Å². The summed E-state index contributed by atoms with van der Waals surface area (Å²) in [5.41, 5.74) is 25.0. The van der Waals surface area contributed by atoms with Gasteiger partial charge in [0.1, 0.15) is 0 Å². The summed E-state index contributed by atoms with van der Waals surface area (Å²) in [7, 11) is 0. The number of nitrogen functional groups attached to an aromatic ring is 2. The molecule has 2 nitrogen and oxygen atoms in total. The molecule has 0 aromatic heterocycles. The van der Waals surface area contributed by atoms with E-state index in [-0.39, 0.29) is 5.41 Å². The van der Waals surface area contributed by atoms with Crippen molar-refractivity contribution in [1.82, 2.24) is 0 Å². The van der Waals surface area contributed by atoms with Gasteiger partial charge in [0.2, 0.25) is 0 Å². The van der Waals surface area contributed by atoms with Crippen molar-refractivity contribution in [3.8, 4) is 0 Å². The molecule has 4 aromatic carbocycles. The third kappa shape index (κ3) is 5.50. The van der Waals surface area contributed by atoms with Crippen molar-refractivity contribution in [2.75, 3.05) is 11.5 Å². The molecule has 0 atom stereocenters. The highest BCUT2D eigenvalue weighted by atomic mass is 14.6. The fourth-order valence-electron chi connectivity index (χ4n) is 6.40. The van der Waals surface area contributed by atoms with Crippen LogP contribution < -0.4 is 11.5 Å². The molecule has 0 bridgehead atoms. The van der Waals surface area contributed by atoms with E-state index < -0.39 is 0 Å². The number of rotatable bonds is 8. The Morgan fingerprint density at radius 3 is 1.32 bits per heavy atom. The summed E-state index contributed by atoms with van der Waals surface area (Å²) in [6.45, 7) is 4.33. The second-order valence-electron chi connectivity index (χ2n) is 11.2. The molecular weight excluding hydrogens is 460 g/mol. The highest BCUT2D eigenvalue weighted by molar-refractivity contribution is 5.51. The smallest absolute Gasteiger partial charge is 0.0346 e. The fraction of sp³-hybridized carbons (Fsp3) is 0.333. The third-order valence-electron chi connectivity index (χ3n) is 8.71. The minimum absolute atomic E-state index is 0.114.